The standard InChI is InChI=1S/C9H18O2.C9H16O.C7H14O2/c1-3-5-10-6-9(4-2)7-11-8-9;1-2-3-7-4-5-8-9(6-7)10-8;1-2-3-4-8-5-7-6-9-7/h3-8H2,1-2H3;7-9H,2-6H2,1H3;7H,2-6H2,1H3. The lowest BCUT2D eigenvalue weighted by atomic mass is 9.84. The summed E-state index contributed by atoms with van der Waals surface area (Å²) in [5, 5.41) is 0. The highest BCUT2D eigenvalue weighted by atomic mass is 16.6. The Hall–Kier alpha value is -0.200. The van der Waals surface area contributed by atoms with Crippen LogP contribution in [0.4, 0.5) is 0 Å². The molecule has 0 aromatic carbocycles. The monoisotopic (exact) mass is 428 g/mol. The zero-order valence-electron chi connectivity index (χ0n) is 20.2. The first-order valence-corrected chi connectivity index (χ1v) is 12.7. The lowest BCUT2D eigenvalue weighted by Gasteiger charge is -2.40. The minimum atomic E-state index is 0.370. The molecule has 0 aromatic rings. The van der Waals surface area contributed by atoms with Crippen LogP contribution in [-0.2, 0) is 23.7 Å². The van der Waals surface area contributed by atoms with Crippen LogP contribution in [0.3, 0.4) is 0 Å². The first-order valence-electron chi connectivity index (χ1n) is 12.7. The fraction of sp³-hybridized carbons (Fsp3) is 1.00. The molecular weight excluding hydrogens is 380 g/mol. The molecule has 0 amide bonds. The summed E-state index contributed by atoms with van der Waals surface area (Å²) < 4.78 is 26.4. The third kappa shape index (κ3) is 10.4. The molecule has 5 nitrogen and oxygen atoms in total. The minimum absolute atomic E-state index is 0.370. The topological polar surface area (TPSA) is 52.8 Å². The van der Waals surface area contributed by atoms with Gasteiger partial charge in [-0.2, -0.15) is 0 Å². The summed E-state index contributed by atoms with van der Waals surface area (Å²) in [5.74, 6) is 0.994. The molecule has 1 aliphatic carbocycles. The van der Waals surface area contributed by atoms with Crippen LogP contribution < -0.4 is 0 Å². The second kappa shape index (κ2) is 14.8. The van der Waals surface area contributed by atoms with Crippen LogP contribution in [0.1, 0.15) is 85.5 Å². The lowest BCUT2D eigenvalue weighted by Crippen LogP contribution is -2.45. The van der Waals surface area contributed by atoms with E-state index in [-0.39, 0.29) is 0 Å². The first kappa shape index (κ1) is 26.1. The van der Waals surface area contributed by atoms with Gasteiger partial charge in [0, 0.05) is 18.6 Å². The van der Waals surface area contributed by atoms with Crippen molar-refractivity contribution >= 4 is 0 Å². The summed E-state index contributed by atoms with van der Waals surface area (Å²) in [4.78, 5) is 0. The van der Waals surface area contributed by atoms with Crippen molar-refractivity contribution in [2.45, 2.75) is 104 Å². The van der Waals surface area contributed by atoms with E-state index in [2.05, 4.69) is 27.7 Å². The number of hydrogen-bond donors (Lipinski definition) is 0. The second-order valence-electron chi connectivity index (χ2n) is 9.46. The van der Waals surface area contributed by atoms with Crippen molar-refractivity contribution in [3.05, 3.63) is 0 Å². The number of epoxide rings is 2. The Labute approximate surface area is 185 Å². The highest BCUT2D eigenvalue weighted by Gasteiger charge is 2.43. The Balaban J connectivity index is 0.000000161. The molecule has 3 aliphatic heterocycles. The molecule has 0 N–H and O–H groups in total. The van der Waals surface area contributed by atoms with Crippen molar-refractivity contribution in [3.63, 3.8) is 0 Å². The van der Waals surface area contributed by atoms with Crippen LogP contribution >= 0.6 is 0 Å². The van der Waals surface area contributed by atoms with Gasteiger partial charge in [-0.15, -0.1) is 0 Å². The molecule has 178 valence electrons. The average Bonchev–Trinajstić information content (AvgIpc) is 3.64. The van der Waals surface area contributed by atoms with Gasteiger partial charge in [0.15, 0.2) is 0 Å². The molecule has 4 aliphatic rings. The van der Waals surface area contributed by atoms with Crippen LogP contribution in [0.15, 0.2) is 0 Å². The highest BCUT2D eigenvalue weighted by molar-refractivity contribution is 4.91. The molecule has 0 spiro atoms. The summed E-state index contributed by atoms with van der Waals surface area (Å²) in [6.07, 6.45) is 13.4. The maximum absolute atomic E-state index is 5.50. The third-order valence-corrected chi connectivity index (χ3v) is 6.48. The van der Waals surface area contributed by atoms with Crippen molar-refractivity contribution in [1.29, 1.82) is 0 Å². The van der Waals surface area contributed by atoms with E-state index in [9.17, 15) is 0 Å². The van der Waals surface area contributed by atoms with Gasteiger partial charge in [0.1, 0.15) is 6.10 Å². The van der Waals surface area contributed by atoms with E-state index >= 15 is 0 Å². The fourth-order valence-electron chi connectivity index (χ4n) is 4.00. The van der Waals surface area contributed by atoms with Gasteiger partial charge in [-0.1, -0.05) is 47.0 Å². The number of fused-ring (bicyclic) bond motifs is 1. The van der Waals surface area contributed by atoms with E-state index in [1.54, 1.807) is 0 Å². The van der Waals surface area contributed by atoms with Gasteiger partial charge in [-0.25, -0.2) is 0 Å². The molecule has 5 heteroatoms. The Morgan fingerprint density at radius 2 is 1.70 bits per heavy atom. The molecule has 3 saturated heterocycles. The summed E-state index contributed by atoms with van der Waals surface area (Å²) in [5.41, 5.74) is 0.370. The van der Waals surface area contributed by atoms with Crippen molar-refractivity contribution < 1.29 is 23.7 Å². The Bertz CT molecular complexity index is 416. The Morgan fingerprint density at radius 3 is 2.23 bits per heavy atom. The van der Waals surface area contributed by atoms with Crippen molar-refractivity contribution in [2.75, 3.05) is 46.2 Å². The molecule has 3 heterocycles. The van der Waals surface area contributed by atoms with E-state index in [1.807, 2.05) is 0 Å². The predicted octanol–water partition coefficient (Wildman–Crippen LogP) is 5.40. The molecule has 4 rings (SSSR count). The predicted molar refractivity (Wildman–Crippen MR) is 121 cm³/mol. The van der Waals surface area contributed by atoms with Gasteiger partial charge < -0.3 is 23.7 Å². The maximum Gasteiger partial charge on any atom is 0.104 e. The maximum atomic E-state index is 5.50. The van der Waals surface area contributed by atoms with Crippen LogP contribution in [0.25, 0.3) is 0 Å². The van der Waals surface area contributed by atoms with E-state index < -0.39 is 0 Å². The smallest absolute Gasteiger partial charge is 0.104 e. The summed E-state index contributed by atoms with van der Waals surface area (Å²) in [6.45, 7) is 15.0. The van der Waals surface area contributed by atoms with Crippen molar-refractivity contribution in [3.8, 4) is 0 Å². The molecule has 1 saturated carbocycles. The average molecular weight is 429 g/mol. The molecule has 0 bridgehead atoms. The molecular formula is C25H48O5. The second-order valence-corrected chi connectivity index (χ2v) is 9.46. The zero-order chi connectivity index (χ0) is 21.7. The molecule has 0 radical (unpaired) electrons. The van der Waals surface area contributed by atoms with Gasteiger partial charge >= 0.3 is 0 Å². The fourth-order valence-corrected chi connectivity index (χ4v) is 4.00. The number of ether oxygens (including phenoxy) is 5. The van der Waals surface area contributed by atoms with Crippen LogP contribution in [0, 0.1) is 11.3 Å². The third-order valence-electron chi connectivity index (χ3n) is 6.48. The SMILES string of the molecule is CCCC1CCC2OC2C1.CCCCOCC1CO1.CCCOCC1(CC)COC1. The van der Waals surface area contributed by atoms with Gasteiger partial charge in [0.25, 0.3) is 0 Å². The summed E-state index contributed by atoms with van der Waals surface area (Å²) >= 11 is 0. The van der Waals surface area contributed by atoms with E-state index in [1.165, 1.54) is 51.4 Å². The first-order chi connectivity index (χ1) is 14.7. The highest BCUT2D eigenvalue weighted by Crippen LogP contribution is 2.40. The summed E-state index contributed by atoms with van der Waals surface area (Å²) in [7, 11) is 0. The van der Waals surface area contributed by atoms with Gasteiger partial charge in [0.05, 0.1) is 45.2 Å². The molecule has 4 atom stereocenters. The number of hydrogen-bond acceptors (Lipinski definition) is 5. The molecule has 4 fully saturated rings. The van der Waals surface area contributed by atoms with Gasteiger partial charge in [-0.3, -0.25) is 0 Å². The normalized spacial score (nSPS) is 30.0. The quantitative estimate of drug-likeness (QED) is 0.308. The number of unbranched alkanes of at least 4 members (excludes halogenated alkanes) is 1. The number of rotatable bonds is 12. The molecule has 4 unspecified atom stereocenters. The van der Waals surface area contributed by atoms with Crippen LogP contribution in [-0.4, -0.2) is 64.6 Å². The molecule has 30 heavy (non-hydrogen) atoms. The van der Waals surface area contributed by atoms with Gasteiger partial charge in [-0.05, 0) is 44.4 Å². The zero-order valence-corrected chi connectivity index (χ0v) is 20.2. The Morgan fingerprint density at radius 1 is 0.900 bits per heavy atom. The lowest BCUT2D eigenvalue weighted by molar-refractivity contribution is -0.150. The largest absolute Gasteiger partial charge is 0.381 e. The molecule has 0 aromatic heterocycles. The summed E-state index contributed by atoms with van der Waals surface area (Å²) in [6, 6.07) is 0. The van der Waals surface area contributed by atoms with Crippen LogP contribution in [0.5, 0.6) is 0 Å². The van der Waals surface area contributed by atoms with E-state index in [0.717, 1.165) is 58.6 Å². The van der Waals surface area contributed by atoms with E-state index in [4.69, 9.17) is 23.7 Å². The van der Waals surface area contributed by atoms with E-state index in [0.29, 0.717) is 23.7 Å². The van der Waals surface area contributed by atoms with Gasteiger partial charge in [0.2, 0.25) is 0 Å². The minimum Gasteiger partial charge on any atom is -0.381 e. The Kier molecular flexibility index (Phi) is 12.8. The van der Waals surface area contributed by atoms with Crippen molar-refractivity contribution in [1.82, 2.24) is 0 Å². The van der Waals surface area contributed by atoms with Crippen molar-refractivity contribution in [2.24, 2.45) is 11.3 Å². The van der Waals surface area contributed by atoms with Crippen LogP contribution in [0.2, 0.25) is 0 Å².